The predicted octanol–water partition coefficient (Wildman–Crippen LogP) is 2.27. The van der Waals surface area contributed by atoms with Gasteiger partial charge in [-0.05, 0) is 59.6 Å². The fourth-order valence-corrected chi connectivity index (χ4v) is 4.16. The van der Waals surface area contributed by atoms with Crippen molar-refractivity contribution in [2.75, 3.05) is 43.4 Å². The Kier molecular flexibility index (Phi) is 6.32. The van der Waals surface area contributed by atoms with Crippen LogP contribution in [0.4, 0.5) is 17.1 Å². The van der Waals surface area contributed by atoms with Gasteiger partial charge in [0.25, 0.3) is 11.6 Å². The molecule has 1 aromatic heterocycles. The number of nitro groups is 1. The van der Waals surface area contributed by atoms with Gasteiger partial charge < -0.3 is 15.1 Å². The van der Waals surface area contributed by atoms with Gasteiger partial charge in [-0.1, -0.05) is 0 Å². The summed E-state index contributed by atoms with van der Waals surface area (Å²) in [5.74, 6) is -0.446. The Morgan fingerprint density at radius 2 is 1.81 bits per heavy atom. The zero-order valence-electron chi connectivity index (χ0n) is 17.6. The molecule has 1 saturated heterocycles. The molecule has 0 bridgehead atoms. The van der Waals surface area contributed by atoms with E-state index in [4.69, 9.17) is 0 Å². The molecule has 0 spiro atoms. The summed E-state index contributed by atoms with van der Waals surface area (Å²) in [7, 11) is 3.78. The van der Waals surface area contributed by atoms with E-state index in [1.807, 2.05) is 24.3 Å². The third-order valence-corrected chi connectivity index (χ3v) is 6.30. The number of amides is 1. The highest BCUT2D eigenvalue weighted by atomic mass is 32.2. The second kappa shape index (κ2) is 9.32. The molecule has 1 aliphatic rings. The monoisotopic (exact) mass is 454 g/mol. The van der Waals surface area contributed by atoms with Gasteiger partial charge in [-0.25, -0.2) is 4.68 Å². The molecule has 166 valence electrons. The summed E-state index contributed by atoms with van der Waals surface area (Å²) in [5, 5.41) is 25.8. The lowest BCUT2D eigenvalue weighted by Crippen LogP contribution is -2.44. The Labute approximate surface area is 188 Å². The molecule has 1 aliphatic heterocycles. The number of hydrogen-bond donors (Lipinski definition) is 1. The normalized spacial score (nSPS) is 14.4. The maximum Gasteiger partial charge on any atom is 0.270 e. The fourth-order valence-electron chi connectivity index (χ4n) is 3.32. The summed E-state index contributed by atoms with van der Waals surface area (Å²) < 4.78 is 1.46. The van der Waals surface area contributed by atoms with Crippen molar-refractivity contribution in [1.29, 1.82) is 0 Å². The van der Waals surface area contributed by atoms with E-state index in [-0.39, 0.29) is 11.3 Å². The number of nitrogens with zero attached hydrogens (tertiary/aromatic N) is 7. The molecule has 2 aromatic carbocycles. The lowest BCUT2D eigenvalue weighted by Gasteiger charge is -2.34. The van der Waals surface area contributed by atoms with Gasteiger partial charge in [0.2, 0.25) is 5.16 Å². The Balaban J connectivity index is 1.53. The minimum atomic E-state index is -0.528. The zero-order chi connectivity index (χ0) is 22.7. The number of benzene rings is 2. The second-order valence-electron chi connectivity index (χ2n) is 7.42. The van der Waals surface area contributed by atoms with Crippen LogP contribution in [0.2, 0.25) is 0 Å². The SMILES string of the molecule is CN1CCN(c2ccc(NC(=O)c3cc([N+](=O)[O-])ccc3Sc3nnnn3C)cc2)CC1. The fraction of sp³-hybridized carbons (Fsp3) is 0.300. The number of carbonyl (C=O) groups is 1. The predicted molar refractivity (Wildman–Crippen MR) is 120 cm³/mol. The van der Waals surface area contributed by atoms with Gasteiger partial charge in [0.05, 0.1) is 10.5 Å². The highest BCUT2D eigenvalue weighted by molar-refractivity contribution is 7.99. The first kappa shape index (κ1) is 21.7. The first-order valence-corrected chi connectivity index (χ1v) is 10.8. The standard InChI is InChI=1S/C20H22N8O3S/c1-25-9-11-27(12-10-25)15-5-3-14(4-6-15)21-19(29)17-13-16(28(30)31)7-8-18(17)32-20-22-23-24-26(20)2/h3-8,13H,9-12H2,1-2H3,(H,21,29). The molecule has 0 saturated carbocycles. The molecule has 4 rings (SSSR count). The smallest absolute Gasteiger partial charge is 0.270 e. The van der Waals surface area contributed by atoms with Crippen molar-refractivity contribution in [3.05, 3.63) is 58.1 Å². The lowest BCUT2D eigenvalue weighted by molar-refractivity contribution is -0.384. The minimum absolute atomic E-state index is 0.166. The third kappa shape index (κ3) is 4.86. The van der Waals surface area contributed by atoms with Crippen molar-refractivity contribution in [3.8, 4) is 0 Å². The van der Waals surface area contributed by atoms with Crippen LogP contribution in [0.25, 0.3) is 0 Å². The molecular formula is C20H22N8O3S. The van der Waals surface area contributed by atoms with Crippen LogP contribution in [0.15, 0.2) is 52.5 Å². The van der Waals surface area contributed by atoms with E-state index >= 15 is 0 Å². The van der Waals surface area contributed by atoms with Crippen LogP contribution in [0.3, 0.4) is 0 Å². The van der Waals surface area contributed by atoms with Crippen LogP contribution in [0.5, 0.6) is 0 Å². The Morgan fingerprint density at radius 1 is 1.09 bits per heavy atom. The van der Waals surface area contributed by atoms with E-state index in [2.05, 4.69) is 37.7 Å². The van der Waals surface area contributed by atoms with Crippen LogP contribution in [0.1, 0.15) is 10.4 Å². The molecule has 0 radical (unpaired) electrons. The van der Waals surface area contributed by atoms with E-state index in [0.29, 0.717) is 15.7 Å². The Hall–Kier alpha value is -3.51. The van der Waals surface area contributed by atoms with E-state index in [0.717, 1.165) is 43.6 Å². The highest BCUT2D eigenvalue weighted by Crippen LogP contribution is 2.31. The summed E-state index contributed by atoms with van der Waals surface area (Å²) >= 11 is 1.16. The number of non-ortho nitro benzene ring substituents is 1. The number of tetrazole rings is 1. The number of anilines is 2. The molecule has 3 aromatic rings. The van der Waals surface area contributed by atoms with E-state index in [9.17, 15) is 14.9 Å². The van der Waals surface area contributed by atoms with Crippen molar-refractivity contribution >= 4 is 34.7 Å². The first-order valence-electron chi connectivity index (χ1n) is 9.94. The van der Waals surface area contributed by atoms with Crippen LogP contribution in [-0.4, -0.2) is 69.2 Å². The number of aromatic nitrogens is 4. The van der Waals surface area contributed by atoms with Crippen molar-refractivity contribution in [2.45, 2.75) is 10.1 Å². The number of nitrogens with one attached hydrogen (secondary N) is 1. The van der Waals surface area contributed by atoms with Crippen LogP contribution >= 0.6 is 11.8 Å². The summed E-state index contributed by atoms with van der Waals surface area (Å²) in [6.45, 7) is 3.92. The Morgan fingerprint density at radius 3 is 2.44 bits per heavy atom. The maximum absolute atomic E-state index is 13.0. The molecule has 1 N–H and O–H groups in total. The number of likely N-dealkylation sites (N-methyl/N-ethyl adjacent to an activating group) is 1. The topological polar surface area (TPSA) is 122 Å². The molecular weight excluding hydrogens is 432 g/mol. The number of hydrogen-bond acceptors (Lipinski definition) is 9. The summed E-state index contributed by atoms with van der Waals surface area (Å²) in [4.78, 5) is 28.8. The second-order valence-corrected chi connectivity index (χ2v) is 8.43. The largest absolute Gasteiger partial charge is 0.369 e. The number of piperazine rings is 1. The molecule has 0 atom stereocenters. The number of carbonyl (C=O) groups excluding carboxylic acids is 1. The van der Waals surface area contributed by atoms with Crippen molar-refractivity contribution in [1.82, 2.24) is 25.1 Å². The van der Waals surface area contributed by atoms with Gasteiger partial charge >= 0.3 is 0 Å². The molecule has 1 amide bonds. The van der Waals surface area contributed by atoms with Crippen LogP contribution < -0.4 is 10.2 Å². The van der Waals surface area contributed by atoms with Crippen molar-refractivity contribution in [3.63, 3.8) is 0 Å². The average molecular weight is 455 g/mol. The third-order valence-electron chi connectivity index (χ3n) is 5.19. The van der Waals surface area contributed by atoms with Gasteiger partial charge in [-0.15, -0.1) is 5.10 Å². The van der Waals surface area contributed by atoms with Gasteiger partial charge in [0, 0.05) is 61.6 Å². The van der Waals surface area contributed by atoms with E-state index in [1.165, 1.54) is 22.9 Å². The van der Waals surface area contributed by atoms with Gasteiger partial charge in [0.1, 0.15) is 0 Å². The molecule has 11 nitrogen and oxygen atoms in total. The summed E-state index contributed by atoms with van der Waals surface area (Å²) in [5.41, 5.74) is 1.71. The van der Waals surface area contributed by atoms with E-state index in [1.54, 1.807) is 7.05 Å². The van der Waals surface area contributed by atoms with Gasteiger partial charge in [0.15, 0.2) is 0 Å². The molecule has 2 heterocycles. The minimum Gasteiger partial charge on any atom is -0.369 e. The first-order chi connectivity index (χ1) is 15.4. The maximum atomic E-state index is 13.0. The molecule has 1 fully saturated rings. The summed E-state index contributed by atoms with van der Waals surface area (Å²) in [6.07, 6.45) is 0. The molecule has 0 aliphatic carbocycles. The average Bonchev–Trinajstić information content (AvgIpc) is 3.19. The highest BCUT2D eigenvalue weighted by Gasteiger charge is 2.20. The lowest BCUT2D eigenvalue weighted by atomic mass is 10.1. The van der Waals surface area contributed by atoms with E-state index < -0.39 is 10.8 Å². The number of aryl methyl sites for hydroxylation is 1. The molecule has 32 heavy (non-hydrogen) atoms. The van der Waals surface area contributed by atoms with Gasteiger partial charge in [-0.3, -0.25) is 14.9 Å². The van der Waals surface area contributed by atoms with Crippen LogP contribution in [-0.2, 0) is 7.05 Å². The van der Waals surface area contributed by atoms with Crippen molar-refractivity contribution < 1.29 is 9.72 Å². The number of rotatable bonds is 6. The molecule has 12 heteroatoms. The quantitative estimate of drug-likeness (QED) is 0.441. The summed E-state index contributed by atoms with van der Waals surface area (Å²) in [6, 6.07) is 11.8. The van der Waals surface area contributed by atoms with Gasteiger partial charge in [-0.2, -0.15) is 0 Å². The van der Waals surface area contributed by atoms with Crippen molar-refractivity contribution in [2.24, 2.45) is 7.05 Å². The number of nitro benzene ring substituents is 1. The molecule has 0 unspecified atom stereocenters. The van der Waals surface area contributed by atoms with Crippen LogP contribution in [0, 0.1) is 10.1 Å². The Bertz CT molecular complexity index is 1130. The zero-order valence-corrected chi connectivity index (χ0v) is 18.4.